The van der Waals surface area contributed by atoms with Crippen molar-refractivity contribution in [2.45, 2.75) is 12.8 Å². The van der Waals surface area contributed by atoms with E-state index in [0.29, 0.717) is 0 Å². The molecule has 1 aliphatic carbocycles. The molecule has 0 radical (unpaired) electrons. The average Bonchev–Trinajstić information content (AvgIpc) is 2.04. The molecule has 56 valence electrons. The largest absolute Gasteiger partial charge is 0.423 e. The van der Waals surface area contributed by atoms with E-state index in [1.54, 1.807) is 0 Å². The molecule has 0 N–H and O–H groups in total. The summed E-state index contributed by atoms with van der Waals surface area (Å²) in [7, 11) is 0. The number of aryl methyl sites for hydroxylation is 1. The van der Waals surface area contributed by atoms with Crippen LogP contribution in [-0.4, -0.2) is 0 Å². The third kappa shape index (κ3) is 1.11. The average molecular weight is 148 g/mol. The van der Waals surface area contributed by atoms with E-state index in [1.165, 1.54) is 6.07 Å². The summed E-state index contributed by atoms with van der Waals surface area (Å²) in [5.74, 6) is 0.726. The summed E-state index contributed by atoms with van der Waals surface area (Å²) in [5, 5.41) is 0. The fourth-order valence-electron chi connectivity index (χ4n) is 1.24. The highest BCUT2D eigenvalue weighted by Crippen LogP contribution is 2.15. The van der Waals surface area contributed by atoms with E-state index in [9.17, 15) is 4.79 Å². The van der Waals surface area contributed by atoms with Gasteiger partial charge in [0.15, 0.2) is 0 Å². The number of hydrogen-bond donors (Lipinski definition) is 0. The minimum absolute atomic E-state index is 0.268. The minimum Gasteiger partial charge on any atom is -0.423 e. The third-order valence-corrected chi connectivity index (χ3v) is 1.80. The van der Waals surface area contributed by atoms with Crippen molar-refractivity contribution in [3.05, 3.63) is 40.0 Å². The lowest BCUT2D eigenvalue weighted by molar-refractivity contribution is 0.491. The van der Waals surface area contributed by atoms with Gasteiger partial charge in [0.25, 0.3) is 0 Å². The Kier molecular flexibility index (Phi) is 1.39. The normalized spacial score (nSPS) is 14.5. The summed E-state index contributed by atoms with van der Waals surface area (Å²) in [4.78, 5) is 10.7. The Morgan fingerprint density at radius 3 is 3.18 bits per heavy atom. The smallest absolute Gasteiger partial charge is 0.336 e. The summed E-state index contributed by atoms with van der Waals surface area (Å²) >= 11 is 0. The fourth-order valence-corrected chi connectivity index (χ4v) is 1.24. The summed E-state index contributed by atoms with van der Waals surface area (Å²) in [6.07, 6.45) is 5.90. The molecule has 0 amide bonds. The van der Waals surface area contributed by atoms with E-state index >= 15 is 0 Å². The second-order valence-electron chi connectivity index (χ2n) is 2.58. The Bertz CT molecular complexity index is 347. The highest BCUT2D eigenvalue weighted by Gasteiger charge is 2.05. The van der Waals surface area contributed by atoms with Crippen LogP contribution in [0.4, 0.5) is 0 Å². The molecule has 2 heteroatoms. The Morgan fingerprint density at radius 2 is 2.27 bits per heavy atom. The molecule has 1 aliphatic rings. The molecule has 0 aromatic carbocycles. The van der Waals surface area contributed by atoms with Gasteiger partial charge in [0.05, 0.1) is 0 Å². The monoisotopic (exact) mass is 148 g/mol. The zero-order chi connectivity index (χ0) is 7.68. The maximum absolute atomic E-state index is 10.7. The van der Waals surface area contributed by atoms with Crippen LogP contribution in [0.15, 0.2) is 27.4 Å². The van der Waals surface area contributed by atoms with Crippen LogP contribution in [0.25, 0.3) is 6.08 Å². The van der Waals surface area contributed by atoms with Crippen molar-refractivity contribution in [1.82, 2.24) is 0 Å². The molecule has 2 rings (SSSR count). The topological polar surface area (TPSA) is 30.2 Å². The predicted octanol–water partition coefficient (Wildman–Crippen LogP) is 1.60. The van der Waals surface area contributed by atoms with Crippen molar-refractivity contribution in [2.75, 3.05) is 0 Å². The molecule has 0 aliphatic heterocycles. The van der Waals surface area contributed by atoms with E-state index in [2.05, 4.69) is 0 Å². The molecule has 1 aromatic rings. The number of hydrogen-bond acceptors (Lipinski definition) is 2. The van der Waals surface area contributed by atoms with Crippen molar-refractivity contribution in [3.63, 3.8) is 0 Å². The SMILES string of the molecule is O=c1ccc2c(o1)C=CCC2. The van der Waals surface area contributed by atoms with Gasteiger partial charge in [0.2, 0.25) is 0 Å². The highest BCUT2D eigenvalue weighted by atomic mass is 16.4. The van der Waals surface area contributed by atoms with Crippen LogP contribution in [0, 0.1) is 0 Å². The van der Waals surface area contributed by atoms with Crippen molar-refractivity contribution in [2.24, 2.45) is 0 Å². The summed E-state index contributed by atoms with van der Waals surface area (Å²) in [6, 6.07) is 3.31. The zero-order valence-corrected chi connectivity index (χ0v) is 6.04. The fraction of sp³-hybridized carbons (Fsp3) is 0.222. The number of allylic oxidation sites excluding steroid dienone is 1. The van der Waals surface area contributed by atoms with Crippen LogP contribution >= 0.6 is 0 Å². The molecular weight excluding hydrogens is 140 g/mol. The lowest BCUT2D eigenvalue weighted by Gasteiger charge is -2.05. The van der Waals surface area contributed by atoms with Crippen LogP contribution in [-0.2, 0) is 6.42 Å². The maximum atomic E-state index is 10.7. The second-order valence-corrected chi connectivity index (χ2v) is 2.58. The second kappa shape index (κ2) is 2.38. The van der Waals surface area contributed by atoms with Gasteiger partial charge in [-0.3, -0.25) is 0 Å². The van der Waals surface area contributed by atoms with Crippen molar-refractivity contribution in [3.8, 4) is 0 Å². The Morgan fingerprint density at radius 1 is 1.36 bits per heavy atom. The minimum atomic E-state index is -0.268. The molecule has 0 spiro atoms. The van der Waals surface area contributed by atoms with Crippen LogP contribution in [0.2, 0.25) is 0 Å². The van der Waals surface area contributed by atoms with Gasteiger partial charge in [0.1, 0.15) is 5.76 Å². The zero-order valence-electron chi connectivity index (χ0n) is 6.04. The lowest BCUT2D eigenvalue weighted by Crippen LogP contribution is -2.02. The van der Waals surface area contributed by atoms with Gasteiger partial charge in [-0.1, -0.05) is 6.08 Å². The maximum Gasteiger partial charge on any atom is 0.336 e. The molecule has 0 fully saturated rings. The van der Waals surface area contributed by atoms with E-state index < -0.39 is 0 Å². The van der Waals surface area contributed by atoms with Crippen molar-refractivity contribution in [1.29, 1.82) is 0 Å². The van der Waals surface area contributed by atoms with Gasteiger partial charge in [-0.15, -0.1) is 0 Å². The first-order valence-electron chi connectivity index (χ1n) is 3.66. The van der Waals surface area contributed by atoms with E-state index in [1.807, 2.05) is 18.2 Å². The Labute approximate surface area is 64.2 Å². The quantitative estimate of drug-likeness (QED) is 0.559. The van der Waals surface area contributed by atoms with Crippen molar-refractivity contribution >= 4 is 6.08 Å². The van der Waals surface area contributed by atoms with Crippen LogP contribution in [0.1, 0.15) is 17.7 Å². The first-order valence-corrected chi connectivity index (χ1v) is 3.66. The van der Waals surface area contributed by atoms with Gasteiger partial charge in [-0.2, -0.15) is 0 Å². The molecule has 0 saturated heterocycles. The molecule has 0 atom stereocenters. The van der Waals surface area contributed by atoms with E-state index in [-0.39, 0.29) is 5.63 Å². The van der Waals surface area contributed by atoms with Gasteiger partial charge in [-0.25, -0.2) is 4.79 Å². The first-order chi connectivity index (χ1) is 5.36. The molecule has 2 nitrogen and oxygen atoms in total. The van der Waals surface area contributed by atoms with Gasteiger partial charge < -0.3 is 4.42 Å². The Balaban J connectivity index is 2.63. The lowest BCUT2D eigenvalue weighted by atomic mass is 10.0. The van der Waals surface area contributed by atoms with Gasteiger partial charge in [0, 0.05) is 6.07 Å². The molecule has 0 bridgehead atoms. The van der Waals surface area contributed by atoms with Crippen LogP contribution in [0.3, 0.4) is 0 Å². The highest BCUT2D eigenvalue weighted by molar-refractivity contribution is 5.49. The number of fused-ring (bicyclic) bond motifs is 1. The summed E-state index contributed by atoms with van der Waals surface area (Å²) < 4.78 is 4.96. The summed E-state index contributed by atoms with van der Waals surface area (Å²) in [6.45, 7) is 0. The summed E-state index contributed by atoms with van der Waals surface area (Å²) in [5.41, 5.74) is 0.863. The third-order valence-electron chi connectivity index (χ3n) is 1.80. The number of rotatable bonds is 0. The van der Waals surface area contributed by atoms with Gasteiger partial charge >= 0.3 is 5.63 Å². The van der Waals surface area contributed by atoms with Crippen LogP contribution < -0.4 is 5.63 Å². The Hall–Kier alpha value is -1.31. The van der Waals surface area contributed by atoms with Crippen molar-refractivity contribution < 1.29 is 4.42 Å². The first kappa shape index (κ1) is 6.40. The molecule has 0 unspecified atom stereocenters. The predicted molar refractivity (Wildman–Crippen MR) is 42.3 cm³/mol. The molecule has 1 heterocycles. The van der Waals surface area contributed by atoms with E-state index in [4.69, 9.17) is 4.42 Å². The standard InChI is InChI=1S/C9H8O2/c10-9-6-5-7-3-1-2-4-8(7)11-9/h2,4-6H,1,3H2. The molecular formula is C9H8O2. The van der Waals surface area contributed by atoms with E-state index in [0.717, 1.165) is 24.2 Å². The van der Waals surface area contributed by atoms with Crippen LogP contribution in [0.5, 0.6) is 0 Å². The van der Waals surface area contributed by atoms with Gasteiger partial charge in [-0.05, 0) is 30.5 Å². The molecule has 0 saturated carbocycles. The molecule has 1 aromatic heterocycles. The molecule has 11 heavy (non-hydrogen) atoms.